The van der Waals surface area contributed by atoms with Crippen LogP contribution in [0.4, 0.5) is 0 Å². The monoisotopic (exact) mass is 498 g/mol. The summed E-state index contributed by atoms with van der Waals surface area (Å²) in [5, 5.41) is 8.04. The minimum absolute atomic E-state index is 0. The van der Waals surface area contributed by atoms with Crippen LogP contribution in [0.1, 0.15) is 31.7 Å². The molecular formula is C18H29Cl2IN4. The van der Waals surface area contributed by atoms with E-state index in [1.807, 2.05) is 12.1 Å². The minimum Gasteiger partial charge on any atom is -0.357 e. The van der Waals surface area contributed by atoms with Crippen molar-refractivity contribution in [1.82, 2.24) is 15.5 Å². The predicted molar refractivity (Wildman–Crippen MR) is 120 cm³/mol. The molecule has 1 heterocycles. The van der Waals surface area contributed by atoms with Crippen LogP contribution in [0.25, 0.3) is 0 Å². The highest BCUT2D eigenvalue weighted by atomic mass is 127. The Balaban J connectivity index is 0.00000312. The summed E-state index contributed by atoms with van der Waals surface area (Å²) in [7, 11) is 2.20. The first-order chi connectivity index (χ1) is 11.6. The van der Waals surface area contributed by atoms with Gasteiger partial charge >= 0.3 is 0 Å². The zero-order chi connectivity index (χ0) is 17.4. The lowest BCUT2D eigenvalue weighted by Crippen LogP contribution is -2.39. The van der Waals surface area contributed by atoms with Crippen molar-refractivity contribution in [3.63, 3.8) is 0 Å². The molecule has 2 rings (SSSR count). The Labute approximate surface area is 178 Å². The fourth-order valence-electron chi connectivity index (χ4n) is 2.90. The number of rotatable bonds is 6. The molecule has 0 unspecified atom stereocenters. The molecular weight excluding hydrogens is 470 g/mol. The molecule has 1 aliphatic heterocycles. The van der Waals surface area contributed by atoms with Gasteiger partial charge in [0.2, 0.25) is 0 Å². The predicted octanol–water partition coefficient (Wildman–Crippen LogP) is 4.40. The molecule has 4 nitrogen and oxygen atoms in total. The number of nitrogens with one attached hydrogen (secondary N) is 2. The summed E-state index contributed by atoms with van der Waals surface area (Å²) < 4.78 is 0. The fraction of sp³-hybridized carbons (Fsp3) is 0.611. The summed E-state index contributed by atoms with van der Waals surface area (Å²) >= 11 is 12.1. The largest absolute Gasteiger partial charge is 0.357 e. The number of piperidine rings is 1. The van der Waals surface area contributed by atoms with E-state index in [1.54, 1.807) is 6.07 Å². The molecule has 2 N–H and O–H groups in total. The van der Waals surface area contributed by atoms with Crippen LogP contribution in [-0.4, -0.2) is 44.1 Å². The first-order valence-electron chi connectivity index (χ1n) is 8.73. The molecule has 1 aromatic carbocycles. The fourth-order valence-corrected chi connectivity index (χ4v) is 3.37. The lowest BCUT2D eigenvalue weighted by molar-refractivity contribution is 0.213. The van der Waals surface area contributed by atoms with E-state index in [-0.39, 0.29) is 24.0 Å². The van der Waals surface area contributed by atoms with Crippen LogP contribution in [0.2, 0.25) is 10.0 Å². The summed E-state index contributed by atoms with van der Waals surface area (Å²) in [5.74, 6) is 1.67. The van der Waals surface area contributed by atoms with E-state index >= 15 is 0 Å². The van der Waals surface area contributed by atoms with Crippen LogP contribution in [0.5, 0.6) is 0 Å². The van der Waals surface area contributed by atoms with Crippen LogP contribution in [0.3, 0.4) is 0 Å². The lowest BCUT2D eigenvalue weighted by Gasteiger charge is -2.29. The minimum atomic E-state index is 0. The summed E-state index contributed by atoms with van der Waals surface area (Å²) in [6, 6.07) is 5.53. The highest BCUT2D eigenvalue weighted by Gasteiger charge is 2.16. The van der Waals surface area contributed by atoms with Gasteiger partial charge < -0.3 is 15.5 Å². The van der Waals surface area contributed by atoms with Crippen molar-refractivity contribution in [3.8, 4) is 0 Å². The van der Waals surface area contributed by atoms with E-state index < -0.39 is 0 Å². The second kappa shape index (κ2) is 12.2. The Hall–Kier alpha value is -0.240. The van der Waals surface area contributed by atoms with Crippen LogP contribution in [-0.2, 0) is 6.54 Å². The Morgan fingerprint density at radius 2 is 1.96 bits per heavy atom. The van der Waals surface area contributed by atoms with Crippen molar-refractivity contribution in [2.24, 2.45) is 10.9 Å². The number of aliphatic imine (C=N–C) groups is 1. The van der Waals surface area contributed by atoms with Crippen molar-refractivity contribution in [1.29, 1.82) is 0 Å². The first-order valence-corrected chi connectivity index (χ1v) is 9.48. The van der Waals surface area contributed by atoms with Gasteiger partial charge in [0.25, 0.3) is 0 Å². The Morgan fingerprint density at radius 3 is 2.60 bits per heavy atom. The Bertz CT molecular complexity index is 546. The van der Waals surface area contributed by atoms with E-state index in [0.29, 0.717) is 16.6 Å². The number of guanidine groups is 1. The number of hydrogen-bond donors (Lipinski definition) is 2. The molecule has 0 bridgehead atoms. The van der Waals surface area contributed by atoms with Gasteiger partial charge in [-0.2, -0.15) is 0 Å². The van der Waals surface area contributed by atoms with Gasteiger partial charge in [-0.3, -0.25) is 0 Å². The van der Waals surface area contributed by atoms with Gasteiger partial charge in [0.05, 0.1) is 6.54 Å². The Morgan fingerprint density at radius 1 is 1.24 bits per heavy atom. The zero-order valence-electron chi connectivity index (χ0n) is 15.0. The summed E-state index contributed by atoms with van der Waals surface area (Å²) in [6.07, 6.45) is 3.79. The smallest absolute Gasteiger partial charge is 0.191 e. The third kappa shape index (κ3) is 8.33. The highest BCUT2D eigenvalue weighted by Crippen LogP contribution is 2.21. The number of halogens is 3. The van der Waals surface area contributed by atoms with Crippen LogP contribution in [0, 0.1) is 5.92 Å². The normalized spacial score (nSPS) is 16.4. The maximum atomic E-state index is 6.21. The molecule has 0 atom stereocenters. The van der Waals surface area contributed by atoms with Crippen LogP contribution >= 0.6 is 47.2 Å². The highest BCUT2D eigenvalue weighted by molar-refractivity contribution is 14.0. The second-order valence-electron chi connectivity index (χ2n) is 6.39. The molecule has 7 heteroatoms. The van der Waals surface area contributed by atoms with Gasteiger partial charge in [-0.1, -0.05) is 29.3 Å². The lowest BCUT2D eigenvalue weighted by atomic mass is 9.94. The third-order valence-electron chi connectivity index (χ3n) is 4.45. The summed E-state index contributed by atoms with van der Waals surface area (Å²) in [5.41, 5.74) is 0.980. The van der Waals surface area contributed by atoms with Crippen LogP contribution in [0.15, 0.2) is 23.2 Å². The summed E-state index contributed by atoms with van der Waals surface area (Å²) in [6.45, 7) is 6.84. The zero-order valence-corrected chi connectivity index (χ0v) is 18.9. The molecule has 0 amide bonds. The molecule has 25 heavy (non-hydrogen) atoms. The van der Waals surface area contributed by atoms with E-state index in [1.165, 1.54) is 32.4 Å². The molecule has 0 aromatic heterocycles. The van der Waals surface area contributed by atoms with Crippen molar-refractivity contribution >= 4 is 53.1 Å². The van der Waals surface area contributed by atoms with Gasteiger partial charge in [-0.15, -0.1) is 24.0 Å². The van der Waals surface area contributed by atoms with Gasteiger partial charge in [0.15, 0.2) is 5.96 Å². The van der Waals surface area contributed by atoms with E-state index in [4.69, 9.17) is 23.2 Å². The van der Waals surface area contributed by atoms with E-state index in [9.17, 15) is 0 Å². The molecule has 0 spiro atoms. The van der Waals surface area contributed by atoms with Crippen molar-refractivity contribution < 1.29 is 0 Å². The summed E-state index contributed by atoms with van der Waals surface area (Å²) in [4.78, 5) is 7.04. The molecule has 0 radical (unpaired) electrons. The van der Waals surface area contributed by atoms with Crippen molar-refractivity contribution in [2.75, 3.05) is 33.2 Å². The average Bonchev–Trinajstić information content (AvgIpc) is 2.55. The maximum Gasteiger partial charge on any atom is 0.191 e. The SMILES string of the molecule is CCNC(=NCc1ccc(Cl)cc1Cl)NCCC1CCN(C)CC1.I. The first kappa shape index (κ1) is 22.8. The third-order valence-corrected chi connectivity index (χ3v) is 5.04. The second-order valence-corrected chi connectivity index (χ2v) is 7.24. The van der Waals surface area contributed by atoms with Crippen molar-refractivity contribution in [2.45, 2.75) is 32.7 Å². The molecule has 142 valence electrons. The van der Waals surface area contributed by atoms with Gasteiger partial charge in [0.1, 0.15) is 0 Å². The topological polar surface area (TPSA) is 39.7 Å². The van der Waals surface area contributed by atoms with E-state index in [2.05, 4.69) is 34.5 Å². The molecule has 1 saturated heterocycles. The van der Waals surface area contributed by atoms with Gasteiger partial charge in [0, 0.05) is 23.1 Å². The molecule has 0 aliphatic carbocycles. The van der Waals surface area contributed by atoms with Gasteiger partial charge in [-0.05, 0) is 69.9 Å². The van der Waals surface area contributed by atoms with Crippen LogP contribution < -0.4 is 10.6 Å². The standard InChI is InChI=1S/C18H28Cl2N4.HI/c1-3-21-18(22-9-6-14-7-10-24(2)11-8-14)23-13-15-4-5-16(19)12-17(15)20;/h4-5,12,14H,3,6-11,13H2,1-2H3,(H2,21,22,23);1H. The van der Waals surface area contributed by atoms with Crippen molar-refractivity contribution in [3.05, 3.63) is 33.8 Å². The quantitative estimate of drug-likeness (QED) is 0.347. The van der Waals surface area contributed by atoms with E-state index in [0.717, 1.165) is 30.5 Å². The Kier molecular flexibility index (Phi) is 11.1. The number of likely N-dealkylation sites (tertiary alicyclic amines) is 1. The molecule has 1 aromatic rings. The maximum absolute atomic E-state index is 6.21. The average molecular weight is 499 g/mol. The molecule has 1 aliphatic rings. The number of benzene rings is 1. The molecule has 1 fully saturated rings. The number of nitrogens with zero attached hydrogens (tertiary/aromatic N) is 2. The number of hydrogen-bond acceptors (Lipinski definition) is 2. The molecule has 0 saturated carbocycles. The van der Waals surface area contributed by atoms with Gasteiger partial charge in [-0.25, -0.2) is 4.99 Å².